The van der Waals surface area contributed by atoms with Gasteiger partial charge in [-0.25, -0.2) is 14.4 Å². The van der Waals surface area contributed by atoms with Crippen LogP contribution in [0.25, 0.3) is 10.9 Å². The molecule has 1 aromatic heterocycles. The summed E-state index contributed by atoms with van der Waals surface area (Å²) in [4.78, 5) is 24.7. The van der Waals surface area contributed by atoms with E-state index < -0.39 is 17.8 Å². The van der Waals surface area contributed by atoms with Crippen molar-refractivity contribution in [1.82, 2.24) is 19.8 Å². The van der Waals surface area contributed by atoms with E-state index in [1.165, 1.54) is 12.4 Å². The van der Waals surface area contributed by atoms with Crippen LogP contribution in [0.1, 0.15) is 12.5 Å². The van der Waals surface area contributed by atoms with Crippen LogP contribution in [0.15, 0.2) is 36.7 Å². The highest BCUT2D eigenvalue weighted by Gasteiger charge is 2.24. The maximum atomic E-state index is 14.5. The Labute approximate surface area is 213 Å². The Hall–Kier alpha value is -3.05. The Balaban J connectivity index is 1.65. The van der Waals surface area contributed by atoms with Gasteiger partial charge in [0.2, 0.25) is 0 Å². The molecule has 2 heterocycles. The van der Waals surface area contributed by atoms with Crippen molar-refractivity contribution in [2.24, 2.45) is 0 Å². The number of halogens is 2. The molecule has 1 saturated heterocycles. The van der Waals surface area contributed by atoms with Crippen molar-refractivity contribution in [2.45, 2.75) is 19.5 Å². The molecule has 4 rings (SSSR count). The molecule has 36 heavy (non-hydrogen) atoms. The minimum Gasteiger partial charge on any atom is -0.496 e. The first kappa shape index (κ1) is 26.0. The van der Waals surface area contributed by atoms with Crippen LogP contribution in [0.2, 0.25) is 5.02 Å². The Morgan fingerprint density at radius 3 is 2.83 bits per heavy atom. The number of morpholine rings is 1. The first-order valence-electron chi connectivity index (χ1n) is 11.7. The van der Waals surface area contributed by atoms with E-state index in [1.54, 1.807) is 32.2 Å². The molecule has 0 spiro atoms. The third kappa shape index (κ3) is 6.01. The lowest BCUT2D eigenvalue weighted by Gasteiger charge is -2.32. The van der Waals surface area contributed by atoms with Gasteiger partial charge in [0.05, 0.1) is 36.6 Å². The molecule has 0 bridgehead atoms. The predicted octanol–water partition coefficient (Wildman–Crippen LogP) is 3.78. The van der Waals surface area contributed by atoms with Gasteiger partial charge in [-0.05, 0) is 25.1 Å². The molecule has 192 valence electrons. The number of anilines is 2. The van der Waals surface area contributed by atoms with Crippen molar-refractivity contribution in [3.05, 3.63) is 53.1 Å². The Kier molecular flexibility index (Phi) is 8.52. The molecule has 2 N–H and O–H groups in total. The fraction of sp³-hybridized carbons (Fsp3) is 0.400. The van der Waals surface area contributed by atoms with Gasteiger partial charge in [-0.1, -0.05) is 17.7 Å². The van der Waals surface area contributed by atoms with Gasteiger partial charge in [-0.15, -0.1) is 0 Å². The predicted molar refractivity (Wildman–Crippen MR) is 136 cm³/mol. The zero-order chi connectivity index (χ0) is 25.7. The molecule has 1 atom stereocenters. The molecule has 2 aromatic carbocycles. The van der Waals surface area contributed by atoms with E-state index in [-0.39, 0.29) is 10.7 Å². The van der Waals surface area contributed by atoms with Crippen LogP contribution in [0.3, 0.4) is 0 Å². The van der Waals surface area contributed by atoms with Gasteiger partial charge in [0.15, 0.2) is 5.82 Å². The summed E-state index contributed by atoms with van der Waals surface area (Å²) in [5.41, 5.74) is 1.55. The second-order valence-electron chi connectivity index (χ2n) is 8.57. The third-order valence-corrected chi connectivity index (χ3v) is 6.62. The fourth-order valence-electron chi connectivity index (χ4n) is 4.15. The molecule has 0 saturated carbocycles. The van der Waals surface area contributed by atoms with Gasteiger partial charge in [-0.3, -0.25) is 14.6 Å². The standard InChI is InChI=1S/C25H29ClFN5O4/c1-16(25(33)34)32(7-6-31-8-10-36-11-9-31)14-17-12-18-21(13-22(17)35-2)28-15-29-24(18)30-20-5-3-4-19(26)23(20)27/h3-5,12-13,15-16H,6-11,14H2,1-2H3,(H,33,34)(H,28,29,30)/t16-/m0/s1. The highest BCUT2D eigenvalue weighted by atomic mass is 35.5. The molecule has 9 nitrogen and oxygen atoms in total. The lowest BCUT2D eigenvalue weighted by molar-refractivity contribution is -0.143. The van der Waals surface area contributed by atoms with Crippen molar-refractivity contribution >= 4 is 40.0 Å². The number of nitrogens with one attached hydrogen (secondary N) is 1. The molecule has 11 heteroatoms. The van der Waals surface area contributed by atoms with Crippen molar-refractivity contribution in [3.8, 4) is 5.75 Å². The number of carbonyl (C=O) groups is 1. The summed E-state index contributed by atoms with van der Waals surface area (Å²) >= 11 is 5.93. The molecule has 3 aromatic rings. The molecule has 1 fully saturated rings. The normalized spacial score (nSPS) is 15.2. The molecular weight excluding hydrogens is 489 g/mol. The first-order chi connectivity index (χ1) is 17.4. The Bertz CT molecular complexity index is 1220. The van der Waals surface area contributed by atoms with Crippen LogP contribution in [0.5, 0.6) is 5.75 Å². The zero-order valence-electron chi connectivity index (χ0n) is 20.2. The summed E-state index contributed by atoms with van der Waals surface area (Å²) in [5.74, 6) is -0.505. The lowest BCUT2D eigenvalue weighted by Crippen LogP contribution is -2.45. The number of aromatic nitrogens is 2. The summed E-state index contributed by atoms with van der Waals surface area (Å²) < 4.78 is 25.6. The van der Waals surface area contributed by atoms with E-state index in [1.807, 2.05) is 11.0 Å². The smallest absolute Gasteiger partial charge is 0.320 e. The van der Waals surface area contributed by atoms with E-state index in [0.29, 0.717) is 48.8 Å². The molecule has 0 aliphatic carbocycles. The molecule has 0 radical (unpaired) electrons. The number of nitrogens with zero attached hydrogens (tertiary/aromatic N) is 4. The minimum atomic E-state index is -0.904. The van der Waals surface area contributed by atoms with E-state index in [9.17, 15) is 14.3 Å². The van der Waals surface area contributed by atoms with Crippen molar-refractivity contribution in [1.29, 1.82) is 0 Å². The topological polar surface area (TPSA) is 100 Å². The van der Waals surface area contributed by atoms with Crippen molar-refractivity contribution in [2.75, 3.05) is 51.8 Å². The molecule has 1 aliphatic rings. The number of rotatable bonds is 10. The summed E-state index contributed by atoms with van der Waals surface area (Å²) in [6, 6.07) is 7.61. The lowest BCUT2D eigenvalue weighted by atomic mass is 10.1. The van der Waals surface area contributed by atoms with Crippen LogP contribution in [0, 0.1) is 5.82 Å². The summed E-state index contributed by atoms with van der Waals surface area (Å²) in [7, 11) is 1.56. The largest absolute Gasteiger partial charge is 0.496 e. The fourth-order valence-corrected chi connectivity index (χ4v) is 4.32. The van der Waals surface area contributed by atoms with E-state index in [4.69, 9.17) is 21.1 Å². The average molecular weight is 518 g/mol. The van der Waals surface area contributed by atoms with Gasteiger partial charge < -0.3 is 19.9 Å². The number of carboxylic acids is 1. The molecule has 0 unspecified atom stereocenters. The summed E-state index contributed by atoms with van der Waals surface area (Å²) in [5, 5.41) is 13.4. The summed E-state index contributed by atoms with van der Waals surface area (Å²) in [6.07, 6.45) is 1.38. The average Bonchev–Trinajstić information content (AvgIpc) is 2.89. The van der Waals surface area contributed by atoms with Crippen LogP contribution in [-0.4, -0.2) is 83.4 Å². The molecule has 1 aliphatic heterocycles. The Morgan fingerprint density at radius 2 is 2.11 bits per heavy atom. The second kappa shape index (κ2) is 11.8. The van der Waals surface area contributed by atoms with Crippen LogP contribution in [0.4, 0.5) is 15.9 Å². The van der Waals surface area contributed by atoms with E-state index in [2.05, 4.69) is 20.2 Å². The quantitative estimate of drug-likeness (QED) is 0.416. The number of aliphatic carboxylic acids is 1. The number of ether oxygens (including phenoxy) is 2. The van der Waals surface area contributed by atoms with E-state index >= 15 is 0 Å². The maximum Gasteiger partial charge on any atom is 0.320 e. The summed E-state index contributed by atoms with van der Waals surface area (Å²) in [6.45, 7) is 6.28. The molecule has 0 amide bonds. The SMILES string of the molecule is COc1cc2ncnc(Nc3cccc(Cl)c3F)c2cc1CN(CCN1CCOCC1)[C@@H](C)C(=O)O. The van der Waals surface area contributed by atoms with E-state index in [0.717, 1.165) is 25.2 Å². The van der Waals surface area contributed by atoms with Crippen LogP contribution < -0.4 is 10.1 Å². The molecular formula is C25H29ClFN5O4. The van der Waals surface area contributed by atoms with Crippen molar-refractivity contribution < 1.29 is 23.8 Å². The van der Waals surface area contributed by atoms with Gasteiger partial charge in [0.1, 0.15) is 23.9 Å². The van der Waals surface area contributed by atoms with Gasteiger partial charge in [-0.2, -0.15) is 0 Å². The number of hydrogen-bond donors (Lipinski definition) is 2. The van der Waals surface area contributed by atoms with Crippen molar-refractivity contribution in [3.63, 3.8) is 0 Å². The Morgan fingerprint density at radius 1 is 1.33 bits per heavy atom. The highest BCUT2D eigenvalue weighted by molar-refractivity contribution is 6.31. The minimum absolute atomic E-state index is 0.000659. The number of benzene rings is 2. The van der Waals surface area contributed by atoms with Gasteiger partial charge in [0, 0.05) is 49.7 Å². The maximum absolute atomic E-state index is 14.5. The zero-order valence-corrected chi connectivity index (χ0v) is 21.0. The number of fused-ring (bicyclic) bond motifs is 1. The number of methoxy groups -OCH3 is 1. The van der Waals surface area contributed by atoms with Crippen LogP contribution in [-0.2, 0) is 16.1 Å². The van der Waals surface area contributed by atoms with Gasteiger partial charge in [0.25, 0.3) is 0 Å². The monoisotopic (exact) mass is 517 g/mol. The first-order valence-corrected chi connectivity index (χ1v) is 12.0. The third-order valence-electron chi connectivity index (χ3n) is 6.33. The van der Waals surface area contributed by atoms with Crippen LogP contribution >= 0.6 is 11.6 Å². The highest BCUT2D eigenvalue weighted by Crippen LogP contribution is 2.32. The number of carboxylic acid groups (broad SMARTS) is 1. The second-order valence-corrected chi connectivity index (χ2v) is 8.98. The van der Waals surface area contributed by atoms with Gasteiger partial charge >= 0.3 is 5.97 Å². The number of hydrogen-bond acceptors (Lipinski definition) is 8.